The second-order valence-corrected chi connectivity index (χ2v) is 2.11. The molecule has 0 spiro atoms. The standard InChI is InChI=1S/C3H4N2S2.K/c4-1-5-2-7-3-6;/h2,6H,3H2;/q;+1/p-1/b5-2+;. The molecule has 0 aromatic carbocycles. The van der Waals surface area contributed by atoms with Crippen LogP contribution in [0.2, 0.25) is 0 Å². The van der Waals surface area contributed by atoms with Gasteiger partial charge in [-0.3, -0.25) is 0 Å². The predicted molar refractivity (Wildman–Crippen MR) is 33.9 cm³/mol. The maximum Gasteiger partial charge on any atom is 1.00 e. The first kappa shape index (κ1) is 12.2. The smallest absolute Gasteiger partial charge is 0.782 e. The van der Waals surface area contributed by atoms with Crippen LogP contribution in [0.3, 0.4) is 0 Å². The third-order valence-corrected chi connectivity index (χ3v) is 1.05. The molecule has 0 rings (SSSR count). The van der Waals surface area contributed by atoms with Gasteiger partial charge in [0.05, 0.1) is 5.55 Å². The van der Waals surface area contributed by atoms with Crippen LogP contribution in [0, 0.1) is 11.5 Å². The number of nitrogens with zero attached hydrogens (tertiary/aromatic N) is 2. The van der Waals surface area contributed by atoms with Crippen LogP contribution < -0.4 is 51.4 Å². The van der Waals surface area contributed by atoms with Gasteiger partial charge in [-0.05, 0) is 0 Å². The van der Waals surface area contributed by atoms with Crippen molar-refractivity contribution in [2.75, 3.05) is 5.08 Å². The van der Waals surface area contributed by atoms with Gasteiger partial charge in [0.1, 0.15) is 0 Å². The van der Waals surface area contributed by atoms with E-state index in [4.69, 9.17) is 5.26 Å². The summed E-state index contributed by atoms with van der Waals surface area (Å²) < 4.78 is 0. The minimum absolute atomic E-state index is 0. The van der Waals surface area contributed by atoms with Gasteiger partial charge in [0.15, 0.2) is 0 Å². The molecule has 0 aromatic rings. The molecule has 0 aliphatic carbocycles. The second-order valence-electron chi connectivity index (χ2n) is 0.619. The van der Waals surface area contributed by atoms with Crippen LogP contribution in [0.5, 0.6) is 0 Å². The molecule has 8 heavy (non-hydrogen) atoms. The zero-order valence-electron chi connectivity index (χ0n) is 4.50. The summed E-state index contributed by atoms with van der Waals surface area (Å²) in [6.45, 7) is 0. The molecule has 0 saturated carbocycles. The molecule has 0 aliphatic heterocycles. The molecule has 0 bridgehead atoms. The van der Waals surface area contributed by atoms with Gasteiger partial charge in [0.2, 0.25) is 6.19 Å². The van der Waals surface area contributed by atoms with Crippen LogP contribution >= 0.6 is 11.8 Å². The molecule has 0 radical (unpaired) electrons. The Bertz CT molecular complexity index is 97.9. The van der Waals surface area contributed by atoms with Crippen molar-refractivity contribution in [3.63, 3.8) is 0 Å². The Morgan fingerprint density at radius 3 is 2.88 bits per heavy atom. The molecule has 0 aromatic heterocycles. The van der Waals surface area contributed by atoms with Crippen molar-refractivity contribution in [2.24, 2.45) is 4.99 Å². The van der Waals surface area contributed by atoms with Gasteiger partial charge in [0.25, 0.3) is 0 Å². The van der Waals surface area contributed by atoms with Gasteiger partial charge in [-0.1, -0.05) is 0 Å². The molecule has 0 atom stereocenters. The third-order valence-electron chi connectivity index (χ3n) is 0.253. The van der Waals surface area contributed by atoms with E-state index in [1.807, 2.05) is 0 Å². The van der Waals surface area contributed by atoms with Crippen LogP contribution in [0.25, 0.3) is 0 Å². The monoisotopic (exact) mass is 170 g/mol. The van der Waals surface area contributed by atoms with Gasteiger partial charge in [-0.25, -0.2) is 0 Å². The summed E-state index contributed by atoms with van der Waals surface area (Å²) in [4.78, 5) is 3.24. The number of hydrogen-bond donors (Lipinski definition) is 0. The fourth-order valence-electron chi connectivity index (χ4n) is 0.0913. The second kappa shape index (κ2) is 11.3. The van der Waals surface area contributed by atoms with E-state index < -0.39 is 0 Å². The van der Waals surface area contributed by atoms with Crippen molar-refractivity contribution in [3.8, 4) is 6.19 Å². The van der Waals surface area contributed by atoms with Crippen LogP contribution in [-0.2, 0) is 12.6 Å². The Morgan fingerprint density at radius 1 is 1.88 bits per heavy atom. The molecule has 0 saturated heterocycles. The summed E-state index contributed by atoms with van der Waals surface area (Å²) in [6.07, 6.45) is 1.60. The van der Waals surface area contributed by atoms with Crippen molar-refractivity contribution < 1.29 is 51.4 Å². The minimum atomic E-state index is 0. The molecule has 0 fully saturated rings. The fourth-order valence-corrected chi connectivity index (χ4v) is 0.456. The van der Waals surface area contributed by atoms with Crippen molar-refractivity contribution in [1.29, 1.82) is 5.26 Å². The summed E-state index contributed by atoms with van der Waals surface area (Å²) in [6, 6.07) is 0. The molecule has 0 N–H and O–H groups in total. The summed E-state index contributed by atoms with van der Waals surface area (Å²) >= 11 is 5.86. The normalized spacial score (nSPS) is 8.00. The summed E-state index contributed by atoms with van der Waals surface area (Å²) in [7, 11) is 0. The fraction of sp³-hybridized carbons (Fsp3) is 0.333. The number of thioether (sulfide) groups is 1. The number of rotatable bonds is 2. The largest absolute Gasteiger partial charge is 1.00 e. The van der Waals surface area contributed by atoms with Crippen LogP contribution in [0.4, 0.5) is 0 Å². The average Bonchev–Trinajstić information content (AvgIpc) is 1.69. The number of nitriles is 1. The van der Waals surface area contributed by atoms with Gasteiger partial charge in [-0.15, -0.1) is 16.8 Å². The maximum absolute atomic E-state index is 7.80. The van der Waals surface area contributed by atoms with Crippen LogP contribution in [0.15, 0.2) is 4.99 Å². The molecule has 0 heterocycles. The SMILES string of the molecule is N#C/N=C/SC[S-].[K+]. The van der Waals surface area contributed by atoms with Crippen molar-refractivity contribution in [1.82, 2.24) is 0 Å². The number of aliphatic imine (C=N–C) groups is 1. The summed E-state index contributed by atoms with van der Waals surface area (Å²) in [5.41, 5.74) is 1.44. The zero-order chi connectivity index (χ0) is 5.54. The summed E-state index contributed by atoms with van der Waals surface area (Å²) in [5.74, 6) is 0. The Labute approximate surface area is 101 Å². The molecule has 5 heteroatoms. The molecular weight excluding hydrogens is 167 g/mol. The van der Waals surface area contributed by atoms with E-state index in [0.717, 1.165) is 0 Å². The average molecular weight is 170 g/mol. The Kier molecular flexibility index (Phi) is 17.3. The first-order valence-electron chi connectivity index (χ1n) is 1.52. The first-order chi connectivity index (χ1) is 3.41. The van der Waals surface area contributed by atoms with E-state index in [1.165, 1.54) is 17.3 Å². The van der Waals surface area contributed by atoms with Crippen molar-refractivity contribution in [3.05, 3.63) is 0 Å². The quantitative estimate of drug-likeness (QED) is 0.154. The van der Waals surface area contributed by atoms with E-state index in [9.17, 15) is 0 Å². The zero-order valence-corrected chi connectivity index (χ0v) is 9.25. The van der Waals surface area contributed by atoms with Crippen LogP contribution in [0.1, 0.15) is 0 Å². The third kappa shape index (κ3) is 10.5. The topological polar surface area (TPSA) is 36.1 Å². The molecule has 0 amide bonds. The summed E-state index contributed by atoms with van der Waals surface area (Å²) in [5, 5.41) is 8.36. The minimum Gasteiger partial charge on any atom is -0.782 e. The van der Waals surface area contributed by atoms with Gasteiger partial charge >= 0.3 is 51.4 Å². The molecule has 38 valence electrons. The van der Waals surface area contributed by atoms with Gasteiger partial charge in [-0.2, -0.15) is 10.3 Å². The molecule has 0 unspecified atom stereocenters. The van der Waals surface area contributed by atoms with Gasteiger partial charge < -0.3 is 12.6 Å². The van der Waals surface area contributed by atoms with E-state index in [0.29, 0.717) is 5.08 Å². The number of hydrogen-bond acceptors (Lipinski definition) is 4. The molecule has 2 nitrogen and oxygen atoms in total. The molecule has 0 aliphatic rings. The van der Waals surface area contributed by atoms with Crippen molar-refractivity contribution >= 4 is 29.9 Å². The van der Waals surface area contributed by atoms with Crippen LogP contribution in [-0.4, -0.2) is 10.6 Å². The molecular formula is C3H3KN2S2. The Balaban J connectivity index is 0. The Morgan fingerprint density at radius 2 is 2.50 bits per heavy atom. The van der Waals surface area contributed by atoms with E-state index in [-0.39, 0.29) is 51.4 Å². The first-order valence-corrected chi connectivity index (χ1v) is 3.14. The Hall–Kier alpha value is 1.50. The maximum atomic E-state index is 7.80. The van der Waals surface area contributed by atoms with E-state index in [2.05, 4.69) is 17.6 Å². The van der Waals surface area contributed by atoms with Crippen molar-refractivity contribution in [2.45, 2.75) is 0 Å². The predicted octanol–water partition coefficient (Wildman–Crippen LogP) is -2.26. The van der Waals surface area contributed by atoms with E-state index >= 15 is 0 Å². The van der Waals surface area contributed by atoms with Gasteiger partial charge in [0, 0.05) is 0 Å². The van der Waals surface area contributed by atoms with E-state index in [1.54, 1.807) is 6.19 Å².